The number of rotatable bonds is 1. The summed E-state index contributed by atoms with van der Waals surface area (Å²) in [6.07, 6.45) is 1.91. The van der Waals surface area contributed by atoms with E-state index in [1.54, 1.807) is 0 Å². The summed E-state index contributed by atoms with van der Waals surface area (Å²) in [6.45, 7) is 2.04. The molecule has 17 heavy (non-hydrogen) atoms. The highest BCUT2D eigenvalue weighted by Crippen LogP contribution is 2.20. The zero-order valence-corrected chi connectivity index (χ0v) is 10.8. The highest BCUT2D eigenvalue weighted by Gasteiger charge is 2.07. The van der Waals surface area contributed by atoms with E-state index >= 15 is 0 Å². The molecule has 84 valence electrons. The zero-order chi connectivity index (χ0) is 11.8. The lowest BCUT2D eigenvalue weighted by Gasteiger charge is -1.93. The quantitative estimate of drug-likeness (QED) is 0.686. The first-order chi connectivity index (χ1) is 8.24. The normalized spacial score (nSPS) is 10.9. The van der Waals surface area contributed by atoms with Crippen molar-refractivity contribution in [3.8, 4) is 11.4 Å². The van der Waals surface area contributed by atoms with Gasteiger partial charge in [-0.2, -0.15) is 0 Å². The van der Waals surface area contributed by atoms with Crippen LogP contribution in [0.15, 0.2) is 47.1 Å². The highest BCUT2D eigenvalue weighted by atomic mass is 79.9. The molecule has 0 aliphatic rings. The predicted octanol–water partition coefficient (Wildman–Crippen LogP) is 3.47. The first-order valence-corrected chi connectivity index (χ1v) is 6.11. The fraction of sp³-hybridized carbons (Fsp3) is 0.0769. The van der Waals surface area contributed by atoms with Gasteiger partial charge in [0.05, 0.1) is 0 Å². The Morgan fingerprint density at radius 2 is 1.88 bits per heavy atom. The van der Waals surface area contributed by atoms with Crippen molar-refractivity contribution in [2.75, 3.05) is 0 Å². The van der Waals surface area contributed by atoms with E-state index in [4.69, 9.17) is 0 Å². The van der Waals surface area contributed by atoms with E-state index in [-0.39, 0.29) is 0 Å². The molecule has 0 atom stereocenters. The Balaban J connectivity index is 2.18. The van der Waals surface area contributed by atoms with Crippen molar-refractivity contribution >= 4 is 21.6 Å². The Kier molecular flexibility index (Phi) is 2.44. The molecule has 0 spiro atoms. The molecular weight excluding hydrogens is 278 g/mol. The number of aryl methyl sites for hydroxylation is 1. The summed E-state index contributed by atoms with van der Waals surface area (Å²) >= 11 is 3.42. The SMILES string of the molecule is Cc1cccn2nc(-c3ccc(Br)cc3)nc12. The highest BCUT2D eigenvalue weighted by molar-refractivity contribution is 9.10. The van der Waals surface area contributed by atoms with Crippen molar-refractivity contribution in [3.63, 3.8) is 0 Å². The third-order valence-corrected chi connectivity index (χ3v) is 3.19. The lowest BCUT2D eigenvalue weighted by atomic mass is 10.2. The number of hydrogen-bond acceptors (Lipinski definition) is 2. The topological polar surface area (TPSA) is 30.2 Å². The van der Waals surface area contributed by atoms with Crippen LogP contribution in [0.2, 0.25) is 0 Å². The zero-order valence-electron chi connectivity index (χ0n) is 9.26. The molecule has 0 radical (unpaired) electrons. The number of fused-ring (bicyclic) bond motifs is 1. The van der Waals surface area contributed by atoms with E-state index in [1.807, 2.05) is 54.0 Å². The molecule has 0 amide bonds. The molecule has 4 heteroatoms. The van der Waals surface area contributed by atoms with Gasteiger partial charge in [0.25, 0.3) is 0 Å². The van der Waals surface area contributed by atoms with Crippen molar-refractivity contribution < 1.29 is 0 Å². The molecule has 0 N–H and O–H groups in total. The van der Waals surface area contributed by atoms with Crippen LogP contribution < -0.4 is 0 Å². The van der Waals surface area contributed by atoms with Gasteiger partial charge in [0.15, 0.2) is 11.5 Å². The Morgan fingerprint density at radius 1 is 1.12 bits per heavy atom. The molecule has 0 saturated carbocycles. The summed E-state index contributed by atoms with van der Waals surface area (Å²) in [5, 5.41) is 4.46. The molecule has 1 aromatic carbocycles. The van der Waals surface area contributed by atoms with Gasteiger partial charge in [0.2, 0.25) is 0 Å². The first kappa shape index (κ1) is 10.5. The van der Waals surface area contributed by atoms with Crippen molar-refractivity contribution in [2.45, 2.75) is 6.92 Å². The lowest BCUT2D eigenvalue weighted by molar-refractivity contribution is 0.960. The standard InChI is InChI=1S/C13H10BrN3/c1-9-3-2-8-17-13(9)15-12(16-17)10-4-6-11(14)7-5-10/h2-8H,1H3. The number of benzene rings is 1. The largest absolute Gasteiger partial charge is 0.220 e. The molecule has 0 bridgehead atoms. The maximum atomic E-state index is 4.55. The molecule has 0 fully saturated rings. The van der Waals surface area contributed by atoms with Crippen LogP contribution in [0.4, 0.5) is 0 Å². The van der Waals surface area contributed by atoms with E-state index in [2.05, 4.69) is 26.0 Å². The summed E-state index contributed by atoms with van der Waals surface area (Å²) in [6, 6.07) is 12.0. The number of pyridine rings is 1. The summed E-state index contributed by atoms with van der Waals surface area (Å²) < 4.78 is 2.87. The number of aromatic nitrogens is 3. The van der Waals surface area contributed by atoms with Gasteiger partial charge in [-0.3, -0.25) is 0 Å². The van der Waals surface area contributed by atoms with Crippen molar-refractivity contribution in [3.05, 3.63) is 52.6 Å². The Hall–Kier alpha value is -1.68. The molecule has 3 rings (SSSR count). The molecule has 0 saturated heterocycles. The summed E-state index contributed by atoms with van der Waals surface area (Å²) in [7, 11) is 0. The average Bonchev–Trinajstić information content (AvgIpc) is 2.75. The van der Waals surface area contributed by atoms with Gasteiger partial charge < -0.3 is 0 Å². The molecule has 3 aromatic rings. The monoisotopic (exact) mass is 287 g/mol. The van der Waals surface area contributed by atoms with E-state index in [0.717, 1.165) is 27.1 Å². The second-order valence-corrected chi connectivity index (χ2v) is 4.82. The first-order valence-electron chi connectivity index (χ1n) is 5.32. The number of halogens is 1. The van der Waals surface area contributed by atoms with Gasteiger partial charge >= 0.3 is 0 Å². The van der Waals surface area contributed by atoms with Crippen LogP contribution in [0.5, 0.6) is 0 Å². The van der Waals surface area contributed by atoms with Crippen LogP contribution in [0.1, 0.15) is 5.56 Å². The van der Waals surface area contributed by atoms with E-state index < -0.39 is 0 Å². The summed E-state index contributed by atoms with van der Waals surface area (Å²) in [5.74, 6) is 0.756. The molecule has 0 aliphatic carbocycles. The Labute approximate surface area is 107 Å². The van der Waals surface area contributed by atoms with Gasteiger partial charge in [-0.25, -0.2) is 9.50 Å². The molecular formula is C13H10BrN3. The number of hydrogen-bond donors (Lipinski definition) is 0. The van der Waals surface area contributed by atoms with Gasteiger partial charge in [0, 0.05) is 16.2 Å². The van der Waals surface area contributed by atoms with E-state index in [9.17, 15) is 0 Å². The van der Waals surface area contributed by atoms with Crippen molar-refractivity contribution in [1.29, 1.82) is 0 Å². The number of nitrogens with zero attached hydrogens (tertiary/aromatic N) is 3. The lowest BCUT2D eigenvalue weighted by Crippen LogP contribution is -1.87. The Bertz CT molecular complexity index is 671. The van der Waals surface area contributed by atoms with Crippen LogP contribution in [-0.2, 0) is 0 Å². The minimum absolute atomic E-state index is 0.756. The van der Waals surface area contributed by atoms with Crippen LogP contribution in [0.25, 0.3) is 17.0 Å². The van der Waals surface area contributed by atoms with Gasteiger partial charge in [-0.05, 0) is 30.7 Å². The fourth-order valence-corrected chi connectivity index (χ4v) is 2.03. The molecule has 3 nitrogen and oxygen atoms in total. The Morgan fingerprint density at radius 3 is 2.59 bits per heavy atom. The van der Waals surface area contributed by atoms with Gasteiger partial charge in [0.1, 0.15) is 0 Å². The van der Waals surface area contributed by atoms with Gasteiger partial charge in [-0.1, -0.05) is 34.1 Å². The fourth-order valence-electron chi connectivity index (χ4n) is 1.76. The molecule has 2 heterocycles. The second kappa shape index (κ2) is 3.96. The molecule has 2 aromatic heterocycles. The summed E-state index contributed by atoms with van der Waals surface area (Å²) in [5.41, 5.74) is 3.06. The minimum atomic E-state index is 0.756. The minimum Gasteiger partial charge on any atom is -0.220 e. The summed E-state index contributed by atoms with van der Waals surface area (Å²) in [4.78, 5) is 4.55. The van der Waals surface area contributed by atoms with Crippen LogP contribution in [0, 0.1) is 6.92 Å². The maximum Gasteiger partial charge on any atom is 0.182 e. The molecule has 0 unspecified atom stereocenters. The predicted molar refractivity (Wildman–Crippen MR) is 70.9 cm³/mol. The van der Waals surface area contributed by atoms with Crippen LogP contribution in [-0.4, -0.2) is 14.6 Å². The van der Waals surface area contributed by atoms with E-state index in [1.165, 1.54) is 0 Å². The molecule has 0 aliphatic heterocycles. The smallest absolute Gasteiger partial charge is 0.182 e. The van der Waals surface area contributed by atoms with Crippen molar-refractivity contribution in [1.82, 2.24) is 14.6 Å². The average molecular weight is 288 g/mol. The third-order valence-electron chi connectivity index (χ3n) is 2.66. The maximum absolute atomic E-state index is 4.55. The van der Waals surface area contributed by atoms with E-state index in [0.29, 0.717) is 0 Å². The van der Waals surface area contributed by atoms with Crippen molar-refractivity contribution in [2.24, 2.45) is 0 Å². The second-order valence-electron chi connectivity index (χ2n) is 3.90. The van der Waals surface area contributed by atoms with Crippen LogP contribution >= 0.6 is 15.9 Å². The van der Waals surface area contributed by atoms with Crippen LogP contribution in [0.3, 0.4) is 0 Å². The van der Waals surface area contributed by atoms with Gasteiger partial charge in [-0.15, -0.1) is 5.10 Å². The third kappa shape index (κ3) is 1.85.